The van der Waals surface area contributed by atoms with Gasteiger partial charge < -0.3 is 9.84 Å². The van der Waals surface area contributed by atoms with Gasteiger partial charge in [-0.1, -0.05) is 0 Å². The lowest BCUT2D eigenvalue weighted by atomic mass is 10.3. The lowest BCUT2D eigenvalue weighted by Crippen LogP contribution is -2.06. The molecule has 0 aliphatic heterocycles. The highest BCUT2D eigenvalue weighted by molar-refractivity contribution is 5.88. The molecule has 0 saturated heterocycles. The van der Waals surface area contributed by atoms with E-state index in [-0.39, 0.29) is 28.7 Å². The molecule has 2 aromatic heterocycles. The van der Waals surface area contributed by atoms with Crippen molar-refractivity contribution in [3.05, 3.63) is 39.8 Å². The molecule has 9 nitrogen and oxygen atoms in total. The molecule has 9 heteroatoms. The number of aryl methyl sites for hydroxylation is 2. The van der Waals surface area contributed by atoms with Gasteiger partial charge in [0.05, 0.1) is 4.92 Å². The standard InChI is InChI=1S/C12H12N4O5/c1-3-15-11(10(16(19)20)7(2)14-15)21-8-5-4-6-13-9(8)12(17)18/h4-6H,3H2,1-2H3,(H,17,18). The summed E-state index contributed by atoms with van der Waals surface area (Å²) in [5.74, 6) is -1.48. The molecule has 0 saturated carbocycles. The van der Waals surface area contributed by atoms with E-state index in [0.29, 0.717) is 6.54 Å². The Morgan fingerprint density at radius 1 is 1.57 bits per heavy atom. The fraction of sp³-hybridized carbons (Fsp3) is 0.250. The molecule has 1 N–H and O–H groups in total. The average molecular weight is 292 g/mol. The van der Waals surface area contributed by atoms with Gasteiger partial charge in [0.1, 0.15) is 5.69 Å². The van der Waals surface area contributed by atoms with Crippen molar-refractivity contribution < 1.29 is 19.6 Å². The number of ether oxygens (including phenoxy) is 1. The molecular formula is C12H12N4O5. The molecule has 21 heavy (non-hydrogen) atoms. The summed E-state index contributed by atoms with van der Waals surface area (Å²) in [6, 6.07) is 2.86. The Hall–Kier alpha value is -2.97. The van der Waals surface area contributed by atoms with Gasteiger partial charge in [-0.25, -0.2) is 14.5 Å². The van der Waals surface area contributed by atoms with Gasteiger partial charge in [0.2, 0.25) is 0 Å². The van der Waals surface area contributed by atoms with Gasteiger partial charge in [-0.2, -0.15) is 5.10 Å². The second kappa shape index (κ2) is 5.57. The van der Waals surface area contributed by atoms with Crippen LogP contribution in [0, 0.1) is 17.0 Å². The monoisotopic (exact) mass is 292 g/mol. The first-order valence-corrected chi connectivity index (χ1v) is 6.03. The molecule has 0 aliphatic rings. The number of carboxylic acid groups (broad SMARTS) is 1. The minimum absolute atomic E-state index is 0.0808. The number of rotatable bonds is 5. The number of nitrogens with zero attached hydrogens (tertiary/aromatic N) is 4. The van der Waals surface area contributed by atoms with Gasteiger partial charge in [-0.15, -0.1) is 0 Å². The zero-order valence-electron chi connectivity index (χ0n) is 11.3. The van der Waals surface area contributed by atoms with Crippen molar-refractivity contribution in [3.8, 4) is 11.6 Å². The number of carbonyl (C=O) groups is 1. The normalized spacial score (nSPS) is 10.4. The van der Waals surface area contributed by atoms with Crippen LogP contribution in [0.5, 0.6) is 11.6 Å². The predicted octanol–water partition coefficient (Wildman–Crippen LogP) is 2.01. The van der Waals surface area contributed by atoms with Crippen LogP contribution >= 0.6 is 0 Å². The SMILES string of the molecule is CCn1nc(C)c([N+](=O)[O-])c1Oc1cccnc1C(=O)O. The highest BCUT2D eigenvalue weighted by atomic mass is 16.6. The van der Waals surface area contributed by atoms with Gasteiger partial charge in [0, 0.05) is 12.7 Å². The first kappa shape index (κ1) is 14.4. The van der Waals surface area contributed by atoms with Crippen molar-refractivity contribution in [2.45, 2.75) is 20.4 Å². The molecule has 0 bridgehead atoms. The minimum Gasteiger partial charge on any atom is -0.476 e. The maximum Gasteiger partial charge on any atom is 0.358 e. The summed E-state index contributed by atoms with van der Waals surface area (Å²) in [6.45, 7) is 3.57. The van der Waals surface area contributed by atoms with Crippen molar-refractivity contribution >= 4 is 11.7 Å². The smallest absolute Gasteiger partial charge is 0.358 e. The van der Waals surface area contributed by atoms with E-state index >= 15 is 0 Å². The molecule has 0 aliphatic carbocycles. The van der Waals surface area contributed by atoms with E-state index in [1.807, 2.05) is 0 Å². The highest BCUT2D eigenvalue weighted by Crippen LogP contribution is 2.34. The van der Waals surface area contributed by atoms with E-state index in [4.69, 9.17) is 9.84 Å². The first-order chi connectivity index (χ1) is 9.95. The Morgan fingerprint density at radius 2 is 2.29 bits per heavy atom. The third kappa shape index (κ3) is 2.66. The van der Waals surface area contributed by atoms with E-state index in [1.165, 1.54) is 29.9 Å². The minimum atomic E-state index is -1.28. The van der Waals surface area contributed by atoms with Crippen LogP contribution in [0.3, 0.4) is 0 Å². The Balaban J connectivity index is 2.54. The molecule has 0 aromatic carbocycles. The van der Waals surface area contributed by atoms with Crippen molar-refractivity contribution in [3.63, 3.8) is 0 Å². The van der Waals surface area contributed by atoms with Crippen LogP contribution in [-0.4, -0.2) is 30.8 Å². The van der Waals surface area contributed by atoms with E-state index < -0.39 is 10.9 Å². The van der Waals surface area contributed by atoms with Crippen LogP contribution in [0.15, 0.2) is 18.3 Å². The number of pyridine rings is 1. The van der Waals surface area contributed by atoms with Crippen molar-refractivity contribution in [1.82, 2.24) is 14.8 Å². The predicted molar refractivity (Wildman–Crippen MR) is 70.6 cm³/mol. The molecule has 2 aromatic rings. The lowest BCUT2D eigenvalue weighted by Gasteiger charge is -2.08. The van der Waals surface area contributed by atoms with Gasteiger partial charge in [-0.3, -0.25) is 10.1 Å². The third-order valence-electron chi connectivity index (χ3n) is 2.71. The molecule has 0 spiro atoms. The van der Waals surface area contributed by atoms with Crippen LogP contribution < -0.4 is 4.74 Å². The maximum absolute atomic E-state index is 11.1. The molecule has 2 rings (SSSR count). The van der Waals surface area contributed by atoms with Crippen LogP contribution in [0.1, 0.15) is 23.1 Å². The molecule has 0 unspecified atom stereocenters. The zero-order valence-corrected chi connectivity index (χ0v) is 11.3. The van der Waals surface area contributed by atoms with E-state index in [0.717, 1.165) is 0 Å². The van der Waals surface area contributed by atoms with Crippen molar-refractivity contribution in [2.75, 3.05) is 0 Å². The van der Waals surface area contributed by atoms with E-state index in [1.54, 1.807) is 6.92 Å². The Morgan fingerprint density at radius 3 is 2.86 bits per heavy atom. The van der Waals surface area contributed by atoms with Gasteiger partial charge in [0.15, 0.2) is 11.4 Å². The van der Waals surface area contributed by atoms with Crippen molar-refractivity contribution in [2.24, 2.45) is 0 Å². The summed E-state index contributed by atoms with van der Waals surface area (Å²) < 4.78 is 6.72. The Bertz CT molecular complexity index is 710. The average Bonchev–Trinajstić information content (AvgIpc) is 2.75. The second-order valence-electron chi connectivity index (χ2n) is 4.07. The number of hydrogen-bond donors (Lipinski definition) is 1. The molecule has 2 heterocycles. The lowest BCUT2D eigenvalue weighted by molar-refractivity contribution is -0.386. The summed E-state index contributed by atoms with van der Waals surface area (Å²) in [5, 5.41) is 24.2. The van der Waals surface area contributed by atoms with Crippen LogP contribution in [0.25, 0.3) is 0 Å². The molecule has 110 valence electrons. The number of aromatic nitrogens is 3. The molecule has 0 radical (unpaired) electrons. The summed E-state index contributed by atoms with van der Waals surface area (Å²) >= 11 is 0. The number of aromatic carboxylic acids is 1. The quantitative estimate of drug-likeness (QED) is 0.660. The molecule has 0 fully saturated rings. The summed E-state index contributed by atoms with van der Waals surface area (Å²) in [4.78, 5) is 25.3. The summed E-state index contributed by atoms with van der Waals surface area (Å²) in [7, 11) is 0. The van der Waals surface area contributed by atoms with Crippen LogP contribution in [-0.2, 0) is 6.54 Å². The summed E-state index contributed by atoms with van der Waals surface area (Å²) in [6.07, 6.45) is 1.30. The fourth-order valence-corrected chi connectivity index (χ4v) is 1.81. The number of hydrogen-bond acceptors (Lipinski definition) is 6. The first-order valence-electron chi connectivity index (χ1n) is 6.03. The topological polar surface area (TPSA) is 120 Å². The molecule has 0 amide bonds. The maximum atomic E-state index is 11.1. The van der Waals surface area contributed by atoms with Gasteiger partial charge in [-0.05, 0) is 26.0 Å². The Labute approximate surface area is 118 Å². The van der Waals surface area contributed by atoms with Gasteiger partial charge >= 0.3 is 11.7 Å². The van der Waals surface area contributed by atoms with E-state index in [9.17, 15) is 14.9 Å². The zero-order chi connectivity index (χ0) is 15.6. The molecule has 0 atom stereocenters. The Kier molecular flexibility index (Phi) is 3.83. The highest BCUT2D eigenvalue weighted by Gasteiger charge is 2.28. The second-order valence-corrected chi connectivity index (χ2v) is 4.07. The summed E-state index contributed by atoms with van der Waals surface area (Å²) in [5.41, 5.74) is -0.428. The van der Waals surface area contributed by atoms with Crippen LogP contribution in [0.4, 0.5) is 5.69 Å². The fourth-order valence-electron chi connectivity index (χ4n) is 1.81. The van der Waals surface area contributed by atoms with Crippen molar-refractivity contribution in [1.29, 1.82) is 0 Å². The third-order valence-corrected chi connectivity index (χ3v) is 2.71. The largest absolute Gasteiger partial charge is 0.476 e. The number of nitro groups is 1. The van der Waals surface area contributed by atoms with Crippen LogP contribution in [0.2, 0.25) is 0 Å². The van der Waals surface area contributed by atoms with E-state index in [2.05, 4.69) is 10.1 Å². The number of carboxylic acids is 1. The molecular weight excluding hydrogens is 280 g/mol. The van der Waals surface area contributed by atoms with Gasteiger partial charge in [0.25, 0.3) is 5.88 Å².